The molecule has 0 atom stereocenters. The van der Waals surface area contributed by atoms with Gasteiger partial charge in [0, 0.05) is 32.8 Å². The molecule has 3 heterocycles. The molecule has 0 unspecified atom stereocenters. The summed E-state index contributed by atoms with van der Waals surface area (Å²) in [7, 11) is 0. The van der Waals surface area contributed by atoms with Gasteiger partial charge in [-0.2, -0.15) is 0 Å². The molecule has 0 radical (unpaired) electrons. The Labute approximate surface area is 320 Å². The largest absolute Gasteiger partial charge is 0.455 e. The molecular formula is C52H30N2O2. The maximum Gasteiger partial charge on any atom is 0.180 e. The van der Waals surface area contributed by atoms with Gasteiger partial charge in [0.05, 0.1) is 0 Å². The number of aromatic nitrogens is 2. The first-order chi connectivity index (χ1) is 27.7. The summed E-state index contributed by atoms with van der Waals surface area (Å²) in [6, 6.07) is 63.9. The summed E-state index contributed by atoms with van der Waals surface area (Å²) in [5.74, 6) is 0.664. The molecule has 4 heteroatoms. The molecule has 260 valence electrons. The van der Waals surface area contributed by atoms with Gasteiger partial charge >= 0.3 is 0 Å². The Bertz CT molecular complexity index is 3490. The highest BCUT2D eigenvalue weighted by Gasteiger charge is 2.20. The number of para-hydroxylation sites is 1. The number of benzene rings is 9. The first-order valence-corrected chi connectivity index (χ1v) is 18.9. The van der Waals surface area contributed by atoms with Gasteiger partial charge < -0.3 is 8.83 Å². The normalized spacial score (nSPS) is 11.9. The van der Waals surface area contributed by atoms with Crippen LogP contribution in [-0.2, 0) is 0 Å². The van der Waals surface area contributed by atoms with Crippen LogP contribution < -0.4 is 0 Å². The average molecular weight is 715 g/mol. The Kier molecular flexibility index (Phi) is 6.60. The molecule has 0 fully saturated rings. The summed E-state index contributed by atoms with van der Waals surface area (Å²) in [6.45, 7) is 0. The van der Waals surface area contributed by atoms with Gasteiger partial charge in [0.25, 0.3) is 0 Å². The Morgan fingerprint density at radius 1 is 0.304 bits per heavy atom. The molecule has 0 saturated heterocycles. The van der Waals surface area contributed by atoms with Gasteiger partial charge in [-0.1, -0.05) is 152 Å². The van der Waals surface area contributed by atoms with Crippen molar-refractivity contribution in [2.75, 3.05) is 0 Å². The van der Waals surface area contributed by atoms with Crippen LogP contribution in [0.4, 0.5) is 0 Å². The topological polar surface area (TPSA) is 52.1 Å². The standard InChI is InChI=1S/C52H30N2O2/c1-3-12-31(13-4-1)48-51-49(54-52(53-48)32-14-5-2-6-15-32)45-28-33(24-27-46(45)55-51)34-22-26-42-43-21-11-20-36(50(43)56-47(42)30-34)35-23-25-41-39-18-8-7-16-37(39)38-17-9-10-19-40(38)44(41)29-35/h1-30H. The predicted molar refractivity (Wildman–Crippen MR) is 231 cm³/mol. The SMILES string of the molecule is c1ccc(-c2nc(-c3ccccc3)c3oc4ccc(-c5ccc6c(c5)oc5c(-c7ccc8c9ccccc9c9ccccc9c8c7)cccc56)cc4c3n2)cc1. The van der Waals surface area contributed by atoms with E-state index in [4.69, 9.17) is 18.8 Å². The van der Waals surface area contributed by atoms with E-state index in [1.54, 1.807) is 0 Å². The molecule has 0 aliphatic carbocycles. The Morgan fingerprint density at radius 2 is 0.857 bits per heavy atom. The second kappa shape index (κ2) is 12.0. The van der Waals surface area contributed by atoms with E-state index < -0.39 is 0 Å². The van der Waals surface area contributed by atoms with Crippen LogP contribution >= 0.6 is 0 Å². The fraction of sp³-hybridized carbons (Fsp3) is 0. The monoisotopic (exact) mass is 714 g/mol. The molecule has 0 saturated carbocycles. The number of rotatable bonds is 4. The summed E-state index contributed by atoms with van der Waals surface area (Å²) in [5, 5.41) is 10.7. The van der Waals surface area contributed by atoms with Crippen molar-refractivity contribution >= 4 is 76.3 Å². The first-order valence-electron chi connectivity index (χ1n) is 18.9. The molecule has 0 amide bonds. The lowest BCUT2D eigenvalue weighted by Crippen LogP contribution is -1.93. The van der Waals surface area contributed by atoms with E-state index in [0.29, 0.717) is 11.4 Å². The van der Waals surface area contributed by atoms with Crippen molar-refractivity contribution in [2.45, 2.75) is 0 Å². The fourth-order valence-corrected chi connectivity index (χ4v) is 8.61. The van der Waals surface area contributed by atoms with Crippen molar-refractivity contribution in [1.82, 2.24) is 9.97 Å². The van der Waals surface area contributed by atoms with E-state index in [1.807, 2.05) is 54.6 Å². The molecule has 4 nitrogen and oxygen atoms in total. The third-order valence-electron chi connectivity index (χ3n) is 11.3. The molecule has 12 aromatic rings. The lowest BCUT2D eigenvalue weighted by atomic mass is 9.92. The quantitative estimate of drug-likeness (QED) is 0.170. The van der Waals surface area contributed by atoms with E-state index in [-0.39, 0.29) is 0 Å². The summed E-state index contributed by atoms with van der Waals surface area (Å²) in [4.78, 5) is 10.1. The van der Waals surface area contributed by atoms with Crippen LogP contribution in [-0.4, -0.2) is 9.97 Å². The molecule has 56 heavy (non-hydrogen) atoms. The van der Waals surface area contributed by atoms with Gasteiger partial charge in [-0.25, -0.2) is 9.97 Å². The number of nitrogens with zero attached hydrogens (tertiary/aromatic N) is 2. The smallest absolute Gasteiger partial charge is 0.180 e. The van der Waals surface area contributed by atoms with Crippen molar-refractivity contribution in [2.24, 2.45) is 0 Å². The van der Waals surface area contributed by atoms with Crippen molar-refractivity contribution < 1.29 is 8.83 Å². The van der Waals surface area contributed by atoms with E-state index >= 15 is 0 Å². The van der Waals surface area contributed by atoms with E-state index in [9.17, 15) is 0 Å². The maximum atomic E-state index is 6.80. The Morgan fingerprint density at radius 3 is 1.61 bits per heavy atom. The Hall–Kier alpha value is -7.56. The number of furan rings is 2. The second-order valence-electron chi connectivity index (χ2n) is 14.5. The molecular weight excluding hydrogens is 685 g/mol. The van der Waals surface area contributed by atoms with Gasteiger partial charge in [-0.15, -0.1) is 0 Å². The minimum Gasteiger partial charge on any atom is -0.455 e. The number of hydrogen-bond acceptors (Lipinski definition) is 4. The molecule has 9 aromatic carbocycles. The second-order valence-corrected chi connectivity index (χ2v) is 14.5. The van der Waals surface area contributed by atoms with Gasteiger partial charge in [0.2, 0.25) is 0 Å². The zero-order valence-corrected chi connectivity index (χ0v) is 30.0. The van der Waals surface area contributed by atoms with Crippen LogP contribution in [0.15, 0.2) is 191 Å². The zero-order chi connectivity index (χ0) is 36.7. The van der Waals surface area contributed by atoms with Crippen molar-refractivity contribution in [3.63, 3.8) is 0 Å². The molecule has 0 N–H and O–H groups in total. The number of fused-ring (bicyclic) bond motifs is 12. The highest BCUT2D eigenvalue weighted by molar-refractivity contribution is 6.26. The summed E-state index contributed by atoms with van der Waals surface area (Å²) in [5.41, 5.74) is 11.0. The molecule has 3 aromatic heterocycles. The van der Waals surface area contributed by atoms with Crippen molar-refractivity contribution in [3.8, 4) is 44.9 Å². The van der Waals surface area contributed by atoms with Gasteiger partial charge in [0.15, 0.2) is 11.4 Å². The predicted octanol–water partition coefficient (Wildman–Crippen LogP) is 14.4. The van der Waals surface area contributed by atoms with Crippen molar-refractivity contribution in [3.05, 3.63) is 182 Å². The van der Waals surface area contributed by atoms with Crippen LogP contribution in [0.25, 0.3) is 121 Å². The molecule has 12 rings (SSSR count). The first kappa shape index (κ1) is 30.9. The zero-order valence-electron chi connectivity index (χ0n) is 30.0. The highest BCUT2D eigenvalue weighted by Crippen LogP contribution is 2.42. The van der Waals surface area contributed by atoms with Gasteiger partial charge in [-0.05, 0) is 79.3 Å². The van der Waals surface area contributed by atoms with Crippen LogP contribution in [0.1, 0.15) is 0 Å². The lowest BCUT2D eigenvalue weighted by molar-refractivity contribution is 0.667. The third-order valence-corrected chi connectivity index (χ3v) is 11.3. The fourth-order valence-electron chi connectivity index (χ4n) is 8.61. The van der Waals surface area contributed by atoms with Gasteiger partial charge in [0.1, 0.15) is 28.0 Å². The van der Waals surface area contributed by atoms with E-state index in [1.165, 1.54) is 32.3 Å². The van der Waals surface area contributed by atoms with Crippen LogP contribution in [0, 0.1) is 0 Å². The van der Waals surface area contributed by atoms with E-state index in [2.05, 4.69) is 127 Å². The van der Waals surface area contributed by atoms with Crippen LogP contribution in [0.3, 0.4) is 0 Å². The summed E-state index contributed by atoms with van der Waals surface area (Å²) < 4.78 is 13.3. The molecule has 0 bridgehead atoms. The van der Waals surface area contributed by atoms with Gasteiger partial charge in [-0.3, -0.25) is 0 Å². The molecule has 0 aliphatic rings. The molecule has 0 aliphatic heterocycles. The van der Waals surface area contributed by atoms with E-state index in [0.717, 1.165) is 77.5 Å². The minimum atomic E-state index is 0.664. The van der Waals surface area contributed by atoms with Crippen LogP contribution in [0.5, 0.6) is 0 Å². The minimum absolute atomic E-state index is 0.664. The summed E-state index contributed by atoms with van der Waals surface area (Å²) in [6.07, 6.45) is 0. The number of hydrogen-bond donors (Lipinski definition) is 0. The van der Waals surface area contributed by atoms with Crippen LogP contribution in [0.2, 0.25) is 0 Å². The summed E-state index contributed by atoms with van der Waals surface area (Å²) >= 11 is 0. The third kappa shape index (κ3) is 4.66. The van der Waals surface area contributed by atoms with Crippen molar-refractivity contribution in [1.29, 1.82) is 0 Å². The highest BCUT2D eigenvalue weighted by atomic mass is 16.3. The lowest BCUT2D eigenvalue weighted by Gasteiger charge is -2.12. The average Bonchev–Trinajstić information content (AvgIpc) is 3.84. The maximum absolute atomic E-state index is 6.80. The molecule has 0 spiro atoms. The Balaban J connectivity index is 1.00.